The van der Waals surface area contributed by atoms with Crippen LogP contribution in [0.5, 0.6) is 0 Å². The summed E-state index contributed by atoms with van der Waals surface area (Å²) in [7, 11) is 0. The molecule has 84 valence electrons. The fraction of sp³-hybridized carbons (Fsp3) is 0.667. The van der Waals surface area contributed by atoms with E-state index in [1.54, 1.807) is 0 Å². The third-order valence-electron chi connectivity index (χ3n) is 2.47. The van der Waals surface area contributed by atoms with Crippen molar-refractivity contribution in [2.24, 2.45) is 11.7 Å². The first-order valence-corrected chi connectivity index (χ1v) is 4.84. The lowest BCUT2D eigenvalue weighted by molar-refractivity contribution is -0.142. The monoisotopic (exact) mass is 219 g/mol. The van der Waals surface area contributed by atoms with Crippen LogP contribution in [-0.2, 0) is 19.3 Å². The van der Waals surface area contributed by atoms with E-state index in [9.17, 15) is 13.2 Å². The number of nitrogens with zero attached hydrogens (tertiary/aromatic N) is 2. The molecule has 1 heterocycles. The average molecular weight is 219 g/mol. The zero-order chi connectivity index (χ0) is 11.1. The van der Waals surface area contributed by atoms with Crippen LogP contribution in [0, 0.1) is 5.92 Å². The number of rotatable bonds is 3. The van der Waals surface area contributed by atoms with Crippen LogP contribution in [0.2, 0.25) is 0 Å². The highest BCUT2D eigenvalue weighted by Gasteiger charge is 2.37. The Bertz CT molecular complexity index is 352. The van der Waals surface area contributed by atoms with E-state index in [0.717, 1.165) is 12.8 Å². The van der Waals surface area contributed by atoms with Crippen molar-refractivity contribution in [3.63, 3.8) is 0 Å². The summed E-state index contributed by atoms with van der Waals surface area (Å²) in [5, 5.41) is 3.54. The van der Waals surface area contributed by atoms with E-state index in [-0.39, 0.29) is 12.1 Å². The summed E-state index contributed by atoms with van der Waals surface area (Å²) in [6, 6.07) is 0. The summed E-state index contributed by atoms with van der Waals surface area (Å²) in [6.07, 6.45) is -0.830. The molecule has 0 radical (unpaired) electrons. The second-order valence-electron chi connectivity index (χ2n) is 3.87. The number of nitrogens with two attached hydrogens (primary N) is 1. The van der Waals surface area contributed by atoms with Crippen LogP contribution in [0.25, 0.3) is 0 Å². The van der Waals surface area contributed by atoms with Crippen molar-refractivity contribution in [2.45, 2.75) is 32.1 Å². The zero-order valence-corrected chi connectivity index (χ0v) is 8.09. The van der Waals surface area contributed by atoms with Crippen LogP contribution < -0.4 is 5.73 Å². The first-order chi connectivity index (χ1) is 7.00. The van der Waals surface area contributed by atoms with Crippen molar-refractivity contribution in [1.29, 1.82) is 0 Å². The predicted molar refractivity (Wildman–Crippen MR) is 47.8 cm³/mol. The van der Waals surface area contributed by atoms with E-state index >= 15 is 0 Å². The number of hydrogen-bond donors (Lipinski definition) is 1. The molecule has 1 aromatic heterocycles. The van der Waals surface area contributed by atoms with Crippen LogP contribution in [0.1, 0.15) is 24.1 Å². The molecular weight excluding hydrogens is 207 g/mol. The number of hydrogen-bond acceptors (Lipinski definition) is 2. The molecule has 1 saturated carbocycles. The van der Waals surface area contributed by atoms with E-state index < -0.39 is 11.9 Å². The van der Waals surface area contributed by atoms with Crippen molar-refractivity contribution < 1.29 is 13.2 Å². The summed E-state index contributed by atoms with van der Waals surface area (Å²) in [5.74, 6) is 0.497. The average Bonchev–Trinajstić information content (AvgIpc) is 2.81. The van der Waals surface area contributed by atoms with Crippen LogP contribution in [0.3, 0.4) is 0 Å². The standard InChI is InChI=1S/C9H12F3N3/c10-9(11,12)8-7(3-13)5-15(14-8)4-6-1-2-6/h5-6H,1-4,13H2. The molecule has 0 unspecified atom stereocenters. The molecule has 15 heavy (non-hydrogen) atoms. The lowest BCUT2D eigenvalue weighted by Crippen LogP contribution is -2.11. The van der Waals surface area contributed by atoms with Crippen LogP contribution in [0.4, 0.5) is 13.2 Å². The van der Waals surface area contributed by atoms with Crippen LogP contribution in [-0.4, -0.2) is 9.78 Å². The molecule has 0 aromatic carbocycles. The van der Waals surface area contributed by atoms with E-state index in [0.29, 0.717) is 12.5 Å². The molecule has 0 spiro atoms. The Morgan fingerprint density at radius 3 is 2.53 bits per heavy atom. The van der Waals surface area contributed by atoms with Gasteiger partial charge in [0.25, 0.3) is 0 Å². The van der Waals surface area contributed by atoms with Gasteiger partial charge >= 0.3 is 6.18 Å². The third kappa shape index (κ3) is 2.31. The molecule has 2 N–H and O–H groups in total. The first kappa shape index (κ1) is 10.5. The fourth-order valence-corrected chi connectivity index (χ4v) is 1.51. The molecule has 0 atom stereocenters. The maximum absolute atomic E-state index is 12.5. The van der Waals surface area contributed by atoms with Gasteiger partial charge in [0.1, 0.15) is 0 Å². The highest BCUT2D eigenvalue weighted by atomic mass is 19.4. The van der Waals surface area contributed by atoms with Gasteiger partial charge in [-0.15, -0.1) is 0 Å². The fourth-order valence-electron chi connectivity index (χ4n) is 1.51. The number of halogens is 3. The highest BCUT2D eigenvalue weighted by molar-refractivity contribution is 5.19. The van der Waals surface area contributed by atoms with E-state index in [1.807, 2.05) is 0 Å². The Morgan fingerprint density at radius 2 is 2.13 bits per heavy atom. The zero-order valence-electron chi connectivity index (χ0n) is 8.09. The Morgan fingerprint density at radius 1 is 1.47 bits per heavy atom. The first-order valence-electron chi connectivity index (χ1n) is 4.84. The molecule has 3 nitrogen and oxygen atoms in total. The Balaban J connectivity index is 2.23. The molecule has 1 aliphatic carbocycles. The normalized spacial score (nSPS) is 17.1. The molecule has 1 aromatic rings. The maximum Gasteiger partial charge on any atom is 0.435 e. The van der Waals surface area contributed by atoms with Crippen molar-refractivity contribution in [3.8, 4) is 0 Å². The Labute approximate surface area is 85.1 Å². The lowest BCUT2D eigenvalue weighted by Gasteiger charge is -2.03. The van der Waals surface area contributed by atoms with Gasteiger partial charge in [-0.3, -0.25) is 4.68 Å². The molecule has 0 amide bonds. The van der Waals surface area contributed by atoms with Gasteiger partial charge < -0.3 is 5.73 Å². The van der Waals surface area contributed by atoms with Crippen molar-refractivity contribution in [1.82, 2.24) is 9.78 Å². The van der Waals surface area contributed by atoms with Gasteiger partial charge in [-0.25, -0.2) is 0 Å². The lowest BCUT2D eigenvalue weighted by atomic mass is 10.2. The Hall–Kier alpha value is -1.04. The van der Waals surface area contributed by atoms with E-state index in [4.69, 9.17) is 5.73 Å². The van der Waals surface area contributed by atoms with Gasteiger partial charge in [0, 0.05) is 24.8 Å². The van der Waals surface area contributed by atoms with Gasteiger partial charge in [0.05, 0.1) is 0 Å². The van der Waals surface area contributed by atoms with Gasteiger partial charge in [-0.05, 0) is 18.8 Å². The quantitative estimate of drug-likeness (QED) is 0.841. The number of alkyl halides is 3. The minimum absolute atomic E-state index is 0.0724. The van der Waals surface area contributed by atoms with Crippen LogP contribution in [0.15, 0.2) is 6.20 Å². The summed E-state index contributed by atoms with van der Waals surface area (Å²) in [4.78, 5) is 0. The smallest absolute Gasteiger partial charge is 0.326 e. The molecular formula is C9H12F3N3. The SMILES string of the molecule is NCc1cn(CC2CC2)nc1C(F)(F)F. The second kappa shape index (κ2) is 3.52. The molecule has 6 heteroatoms. The van der Waals surface area contributed by atoms with Crippen molar-refractivity contribution in [3.05, 3.63) is 17.5 Å². The summed E-state index contributed by atoms with van der Waals surface area (Å²) >= 11 is 0. The molecule has 1 aliphatic rings. The van der Waals surface area contributed by atoms with Crippen LogP contribution >= 0.6 is 0 Å². The molecule has 0 aliphatic heterocycles. The van der Waals surface area contributed by atoms with Gasteiger partial charge in [0.15, 0.2) is 5.69 Å². The summed E-state index contributed by atoms with van der Waals surface area (Å²) < 4.78 is 38.8. The second-order valence-corrected chi connectivity index (χ2v) is 3.87. The Kier molecular flexibility index (Phi) is 2.46. The molecule has 0 saturated heterocycles. The minimum atomic E-state index is -4.40. The topological polar surface area (TPSA) is 43.8 Å². The van der Waals surface area contributed by atoms with E-state index in [2.05, 4.69) is 5.10 Å². The minimum Gasteiger partial charge on any atom is -0.326 e. The van der Waals surface area contributed by atoms with E-state index in [1.165, 1.54) is 10.9 Å². The summed E-state index contributed by atoms with van der Waals surface area (Å²) in [6.45, 7) is 0.447. The summed E-state index contributed by atoms with van der Waals surface area (Å²) in [5.41, 5.74) is 4.48. The molecule has 0 bridgehead atoms. The number of aromatic nitrogens is 2. The van der Waals surface area contributed by atoms with Crippen molar-refractivity contribution in [2.75, 3.05) is 0 Å². The maximum atomic E-state index is 12.5. The predicted octanol–water partition coefficient (Wildman–Crippen LogP) is 1.77. The van der Waals surface area contributed by atoms with Crippen molar-refractivity contribution >= 4 is 0 Å². The molecule has 2 rings (SSSR count). The van der Waals surface area contributed by atoms with Gasteiger partial charge in [-0.1, -0.05) is 0 Å². The third-order valence-corrected chi connectivity index (χ3v) is 2.47. The largest absolute Gasteiger partial charge is 0.435 e. The molecule has 1 fully saturated rings. The highest BCUT2D eigenvalue weighted by Crippen LogP contribution is 2.33. The van der Waals surface area contributed by atoms with Gasteiger partial charge in [-0.2, -0.15) is 18.3 Å². The van der Waals surface area contributed by atoms with Gasteiger partial charge in [0.2, 0.25) is 0 Å².